The highest BCUT2D eigenvalue weighted by molar-refractivity contribution is 9.10. The van der Waals surface area contributed by atoms with Gasteiger partial charge in [0.2, 0.25) is 0 Å². The molecule has 0 bridgehead atoms. The minimum atomic E-state index is 0.300. The van der Waals surface area contributed by atoms with E-state index in [1.165, 1.54) is 5.56 Å². The molecule has 0 amide bonds. The van der Waals surface area contributed by atoms with E-state index in [4.69, 9.17) is 0 Å². The summed E-state index contributed by atoms with van der Waals surface area (Å²) in [5, 5.41) is 0. The van der Waals surface area contributed by atoms with Crippen molar-refractivity contribution in [2.24, 2.45) is 5.41 Å². The maximum atomic E-state index is 4.54. The third-order valence-corrected chi connectivity index (χ3v) is 3.92. The van der Waals surface area contributed by atoms with Crippen LogP contribution >= 0.6 is 15.9 Å². The van der Waals surface area contributed by atoms with Crippen molar-refractivity contribution in [3.8, 4) is 0 Å². The molecule has 0 aromatic carbocycles. The van der Waals surface area contributed by atoms with Gasteiger partial charge >= 0.3 is 0 Å². The van der Waals surface area contributed by atoms with Crippen LogP contribution in [-0.4, -0.2) is 18.1 Å². The second-order valence-electron chi connectivity index (χ2n) is 5.97. The Labute approximate surface area is 118 Å². The SMILES string of the molecule is Cc1cc(Br)cnc1N1CC=C(C(C)(C)C)CC1. The van der Waals surface area contributed by atoms with Gasteiger partial charge in [-0.1, -0.05) is 32.4 Å². The maximum absolute atomic E-state index is 4.54. The lowest BCUT2D eigenvalue weighted by molar-refractivity contribution is 0.472. The van der Waals surface area contributed by atoms with E-state index in [1.807, 2.05) is 6.20 Å². The summed E-state index contributed by atoms with van der Waals surface area (Å²) < 4.78 is 1.05. The lowest BCUT2D eigenvalue weighted by Gasteiger charge is -2.33. The summed E-state index contributed by atoms with van der Waals surface area (Å²) in [5.74, 6) is 1.11. The molecule has 0 saturated heterocycles. The normalized spacial score (nSPS) is 16.7. The molecular weight excluding hydrogens is 288 g/mol. The van der Waals surface area contributed by atoms with Crippen molar-refractivity contribution in [2.75, 3.05) is 18.0 Å². The quantitative estimate of drug-likeness (QED) is 0.718. The molecule has 1 aromatic rings. The van der Waals surface area contributed by atoms with Gasteiger partial charge < -0.3 is 4.90 Å². The largest absolute Gasteiger partial charge is 0.352 e. The second kappa shape index (κ2) is 5.04. The molecule has 1 aromatic heterocycles. The van der Waals surface area contributed by atoms with E-state index in [1.54, 1.807) is 5.57 Å². The molecule has 0 N–H and O–H groups in total. The smallest absolute Gasteiger partial charge is 0.131 e. The van der Waals surface area contributed by atoms with Crippen LogP contribution in [-0.2, 0) is 0 Å². The van der Waals surface area contributed by atoms with Crippen molar-refractivity contribution < 1.29 is 0 Å². The summed E-state index contributed by atoms with van der Waals surface area (Å²) >= 11 is 3.46. The van der Waals surface area contributed by atoms with Gasteiger partial charge in [0.15, 0.2) is 0 Å². The Morgan fingerprint density at radius 2 is 2.06 bits per heavy atom. The van der Waals surface area contributed by atoms with Gasteiger partial charge in [-0.05, 0) is 46.3 Å². The van der Waals surface area contributed by atoms with E-state index in [-0.39, 0.29) is 0 Å². The molecule has 98 valence electrons. The molecule has 0 unspecified atom stereocenters. The standard InChI is InChI=1S/C15H21BrN2/c1-11-9-13(16)10-17-14(11)18-7-5-12(6-8-18)15(2,3)4/h5,9-10H,6-8H2,1-4H3. The zero-order valence-corrected chi connectivity index (χ0v) is 13.2. The minimum absolute atomic E-state index is 0.300. The average molecular weight is 309 g/mol. The Morgan fingerprint density at radius 3 is 2.56 bits per heavy atom. The fourth-order valence-corrected chi connectivity index (χ4v) is 2.85. The fraction of sp³-hybridized carbons (Fsp3) is 0.533. The van der Waals surface area contributed by atoms with Crippen LogP contribution in [0.1, 0.15) is 32.8 Å². The highest BCUT2D eigenvalue weighted by atomic mass is 79.9. The van der Waals surface area contributed by atoms with Gasteiger partial charge in [-0.3, -0.25) is 0 Å². The van der Waals surface area contributed by atoms with Gasteiger partial charge in [0.05, 0.1) is 0 Å². The van der Waals surface area contributed by atoms with Crippen LogP contribution in [0, 0.1) is 12.3 Å². The summed E-state index contributed by atoms with van der Waals surface area (Å²) in [7, 11) is 0. The number of halogens is 1. The molecule has 0 aliphatic carbocycles. The zero-order valence-electron chi connectivity index (χ0n) is 11.6. The van der Waals surface area contributed by atoms with Gasteiger partial charge in [-0.2, -0.15) is 0 Å². The van der Waals surface area contributed by atoms with Gasteiger partial charge in [0.25, 0.3) is 0 Å². The Morgan fingerprint density at radius 1 is 1.33 bits per heavy atom. The Hall–Kier alpha value is -0.830. The molecular formula is C15H21BrN2. The molecule has 1 aliphatic rings. The van der Waals surface area contributed by atoms with E-state index >= 15 is 0 Å². The zero-order chi connectivity index (χ0) is 13.3. The molecule has 0 saturated carbocycles. The molecule has 0 atom stereocenters. The number of aryl methyl sites for hydroxylation is 1. The average Bonchev–Trinajstić information content (AvgIpc) is 2.28. The van der Waals surface area contributed by atoms with Crippen molar-refractivity contribution in [2.45, 2.75) is 34.1 Å². The van der Waals surface area contributed by atoms with E-state index < -0.39 is 0 Å². The van der Waals surface area contributed by atoms with E-state index in [0.29, 0.717) is 5.41 Å². The third kappa shape index (κ3) is 2.94. The number of aromatic nitrogens is 1. The minimum Gasteiger partial charge on any atom is -0.352 e. The second-order valence-corrected chi connectivity index (χ2v) is 6.89. The van der Waals surface area contributed by atoms with Crippen molar-refractivity contribution in [1.82, 2.24) is 4.98 Å². The predicted octanol–water partition coefficient (Wildman–Crippen LogP) is 4.34. The summed E-state index contributed by atoms with van der Waals surface area (Å²) in [5.41, 5.74) is 3.10. The monoisotopic (exact) mass is 308 g/mol. The Kier molecular flexibility index (Phi) is 3.81. The van der Waals surface area contributed by atoms with Crippen LogP contribution in [0.5, 0.6) is 0 Å². The van der Waals surface area contributed by atoms with Crippen LogP contribution in [0.15, 0.2) is 28.4 Å². The van der Waals surface area contributed by atoms with Crippen LogP contribution in [0.4, 0.5) is 5.82 Å². The summed E-state index contributed by atoms with van der Waals surface area (Å²) in [6, 6.07) is 2.13. The first kappa shape index (κ1) is 13.6. The van der Waals surface area contributed by atoms with Crippen LogP contribution in [0.3, 0.4) is 0 Å². The fourth-order valence-electron chi connectivity index (χ4n) is 2.41. The maximum Gasteiger partial charge on any atom is 0.131 e. The van der Waals surface area contributed by atoms with Crippen molar-refractivity contribution in [3.63, 3.8) is 0 Å². The molecule has 18 heavy (non-hydrogen) atoms. The highest BCUT2D eigenvalue weighted by Crippen LogP contribution is 2.32. The third-order valence-electron chi connectivity index (χ3n) is 3.49. The number of anilines is 1. The first-order valence-corrected chi connectivity index (χ1v) is 7.24. The summed E-state index contributed by atoms with van der Waals surface area (Å²) in [4.78, 5) is 6.90. The molecule has 0 radical (unpaired) electrons. The topological polar surface area (TPSA) is 16.1 Å². The Bertz CT molecular complexity index is 472. The summed E-state index contributed by atoms with van der Waals surface area (Å²) in [6.07, 6.45) is 5.39. The lowest BCUT2D eigenvalue weighted by Crippen LogP contribution is -2.32. The van der Waals surface area contributed by atoms with Gasteiger partial charge in [0, 0.05) is 23.8 Å². The molecule has 2 heterocycles. The summed E-state index contributed by atoms with van der Waals surface area (Å²) in [6.45, 7) is 11.0. The first-order valence-electron chi connectivity index (χ1n) is 6.44. The van der Waals surface area contributed by atoms with Crippen molar-refractivity contribution in [3.05, 3.63) is 33.9 Å². The number of hydrogen-bond donors (Lipinski definition) is 0. The van der Waals surface area contributed by atoms with Crippen LogP contribution < -0.4 is 4.90 Å². The number of pyridine rings is 1. The van der Waals surface area contributed by atoms with Crippen molar-refractivity contribution >= 4 is 21.7 Å². The molecule has 2 nitrogen and oxygen atoms in total. The predicted molar refractivity (Wildman–Crippen MR) is 81.0 cm³/mol. The van der Waals surface area contributed by atoms with Gasteiger partial charge in [0.1, 0.15) is 5.82 Å². The van der Waals surface area contributed by atoms with Crippen molar-refractivity contribution in [1.29, 1.82) is 0 Å². The molecule has 2 rings (SSSR count). The number of hydrogen-bond acceptors (Lipinski definition) is 2. The highest BCUT2D eigenvalue weighted by Gasteiger charge is 2.22. The lowest BCUT2D eigenvalue weighted by atomic mass is 9.83. The van der Waals surface area contributed by atoms with E-state index in [0.717, 1.165) is 29.8 Å². The molecule has 1 aliphatic heterocycles. The molecule has 0 fully saturated rings. The van der Waals surface area contributed by atoms with E-state index in [9.17, 15) is 0 Å². The molecule has 0 spiro atoms. The van der Waals surface area contributed by atoms with Crippen LogP contribution in [0.25, 0.3) is 0 Å². The number of rotatable bonds is 1. The van der Waals surface area contributed by atoms with Crippen LogP contribution in [0.2, 0.25) is 0 Å². The number of nitrogens with zero attached hydrogens (tertiary/aromatic N) is 2. The van der Waals surface area contributed by atoms with Gasteiger partial charge in [-0.15, -0.1) is 0 Å². The van der Waals surface area contributed by atoms with Gasteiger partial charge in [-0.25, -0.2) is 4.98 Å². The molecule has 3 heteroatoms. The van der Waals surface area contributed by atoms with E-state index in [2.05, 4.69) is 65.7 Å². The first-order chi connectivity index (χ1) is 8.38. The Balaban J connectivity index is 2.17.